The molecule has 0 bridgehead atoms. The van der Waals surface area contributed by atoms with Crippen LogP contribution in [0.25, 0.3) is 16.6 Å². The molecule has 1 aliphatic rings. The number of hydrogen-bond donors (Lipinski definition) is 2. The molecule has 0 unspecified atom stereocenters. The molecule has 0 spiro atoms. The Morgan fingerprint density at radius 2 is 1.88 bits per heavy atom. The van der Waals surface area contributed by atoms with Crippen LogP contribution in [0.15, 0.2) is 54.3 Å². The van der Waals surface area contributed by atoms with Gasteiger partial charge in [-0.1, -0.05) is 30.3 Å². The topological polar surface area (TPSA) is 74.4 Å². The number of rotatable bonds is 4. The van der Waals surface area contributed by atoms with Crippen LogP contribution in [0.3, 0.4) is 0 Å². The molecule has 2 aromatic carbocycles. The maximum atomic E-state index is 10.5. The second-order valence-corrected chi connectivity index (χ2v) is 6.32. The first kappa shape index (κ1) is 16.2. The number of fused-ring (bicyclic) bond motifs is 1. The molecule has 0 saturated carbocycles. The summed E-state index contributed by atoms with van der Waals surface area (Å²) in [5, 5.41) is 19.1. The maximum absolute atomic E-state index is 10.5. The molecule has 0 radical (unpaired) electrons. The van der Waals surface area contributed by atoms with E-state index in [0.717, 1.165) is 22.3 Å². The molecule has 132 valence electrons. The summed E-state index contributed by atoms with van der Waals surface area (Å²) < 4.78 is 7.32. The van der Waals surface area contributed by atoms with Crippen molar-refractivity contribution in [3.63, 3.8) is 0 Å². The van der Waals surface area contributed by atoms with Crippen LogP contribution >= 0.6 is 0 Å². The Balaban J connectivity index is 1.67. The third kappa shape index (κ3) is 2.50. The fourth-order valence-corrected chi connectivity index (χ4v) is 3.41. The number of imidazole rings is 1. The Labute approximate surface area is 151 Å². The van der Waals surface area contributed by atoms with Gasteiger partial charge in [0.1, 0.15) is 23.2 Å². The fraction of sp³-hybridized carbons (Fsp3) is 0.200. The van der Waals surface area contributed by atoms with Crippen molar-refractivity contribution in [2.24, 2.45) is 7.05 Å². The lowest BCUT2D eigenvalue weighted by Crippen LogP contribution is -2.26. The standard InChI is InChI=1S/C20H20N4O2/c1-23-15-9-5-4-8-14(15)22-20(23)18-16(25)12-24(19(18)21)11-13-7-3-6-10-17(13)26-2/h3-10,21,25H,11-12H2,1-2H3. The lowest BCUT2D eigenvalue weighted by molar-refractivity contribution is 0.341. The summed E-state index contributed by atoms with van der Waals surface area (Å²) in [6.07, 6.45) is 0. The lowest BCUT2D eigenvalue weighted by atomic mass is 10.2. The zero-order valence-electron chi connectivity index (χ0n) is 14.7. The van der Waals surface area contributed by atoms with Crippen LogP contribution in [0.1, 0.15) is 11.4 Å². The van der Waals surface area contributed by atoms with Crippen LogP contribution in [-0.4, -0.2) is 39.0 Å². The molecule has 0 fully saturated rings. The number of aliphatic hydroxyl groups excluding tert-OH is 1. The highest BCUT2D eigenvalue weighted by Crippen LogP contribution is 2.31. The molecule has 3 aromatic rings. The average Bonchev–Trinajstić information content (AvgIpc) is 3.12. The number of aryl methyl sites for hydroxylation is 1. The summed E-state index contributed by atoms with van der Waals surface area (Å²) in [7, 11) is 3.54. The summed E-state index contributed by atoms with van der Waals surface area (Å²) >= 11 is 0. The van der Waals surface area contributed by atoms with Crippen molar-refractivity contribution >= 4 is 22.4 Å². The normalized spacial score (nSPS) is 14.5. The number of aliphatic hydroxyl groups is 1. The van der Waals surface area contributed by atoms with E-state index >= 15 is 0 Å². The van der Waals surface area contributed by atoms with E-state index in [1.54, 1.807) is 7.11 Å². The van der Waals surface area contributed by atoms with Gasteiger partial charge in [0.25, 0.3) is 0 Å². The van der Waals surface area contributed by atoms with Gasteiger partial charge in [0.2, 0.25) is 0 Å². The van der Waals surface area contributed by atoms with Crippen LogP contribution in [0, 0.1) is 5.41 Å². The van der Waals surface area contributed by atoms with E-state index in [0.29, 0.717) is 17.9 Å². The molecule has 6 heteroatoms. The van der Waals surface area contributed by atoms with Crippen LogP contribution in [0.4, 0.5) is 0 Å². The van der Waals surface area contributed by atoms with Crippen molar-refractivity contribution in [2.45, 2.75) is 6.54 Å². The summed E-state index contributed by atoms with van der Waals surface area (Å²) in [6.45, 7) is 0.774. The van der Waals surface area contributed by atoms with Crippen LogP contribution in [0.5, 0.6) is 5.75 Å². The van der Waals surface area contributed by atoms with Gasteiger partial charge in [0, 0.05) is 19.2 Å². The largest absolute Gasteiger partial charge is 0.510 e. The smallest absolute Gasteiger partial charge is 0.148 e. The molecule has 0 saturated heterocycles. The summed E-state index contributed by atoms with van der Waals surface area (Å²) in [6, 6.07) is 15.5. The minimum absolute atomic E-state index is 0.170. The molecule has 0 aliphatic carbocycles. The van der Waals surface area contributed by atoms with Crippen LogP contribution in [-0.2, 0) is 13.6 Å². The van der Waals surface area contributed by atoms with Gasteiger partial charge < -0.3 is 19.3 Å². The number of nitrogens with zero attached hydrogens (tertiary/aromatic N) is 3. The van der Waals surface area contributed by atoms with Gasteiger partial charge in [0.15, 0.2) is 0 Å². The zero-order chi connectivity index (χ0) is 18.3. The quantitative estimate of drug-likeness (QED) is 0.758. The third-order valence-electron chi connectivity index (χ3n) is 4.75. The van der Waals surface area contributed by atoms with Crippen LogP contribution in [0.2, 0.25) is 0 Å². The summed E-state index contributed by atoms with van der Waals surface area (Å²) in [4.78, 5) is 6.44. The second-order valence-electron chi connectivity index (χ2n) is 6.32. The Morgan fingerprint density at radius 1 is 1.15 bits per heavy atom. The Kier molecular flexibility index (Phi) is 3.88. The molecule has 1 aromatic heterocycles. The Bertz CT molecular complexity index is 1040. The van der Waals surface area contributed by atoms with Gasteiger partial charge in [-0.2, -0.15) is 0 Å². The molecule has 6 nitrogen and oxygen atoms in total. The van der Waals surface area contributed by atoms with Crippen molar-refractivity contribution < 1.29 is 9.84 Å². The summed E-state index contributed by atoms with van der Waals surface area (Å²) in [5.41, 5.74) is 3.28. The zero-order valence-corrected chi connectivity index (χ0v) is 14.7. The maximum Gasteiger partial charge on any atom is 0.148 e. The van der Waals surface area contributed by atoms with Crippen molar-refractivity contribution in [1.29, 1.82) is 5.41 Å². The van der Waals surface area contributed by atoms with Gasteiger partial charge in [-0.25, -0.2) is 4.98 Å². The first-order valence-electron chi connectivity index (χ1n) is 8.40. The van der Waals surface area contributed by atoms with Crippen molar-refractivity contribution in [3.05, 3.63) is 65.7 Å². The number of para-hydroxylation sites is 3. The van der Waals surface area contributed by atoms with Crippen molar-refractivity contribution in [1.82, 2.24) is 14.5 Å². The molecule has 0 amide bonds. The van der Waals surface area contributed by atoms with E-state index in [1.807, 2.05) is 65.0 Å². The second kappa shape index (κ2) is 6.22. The van der Waals surface area contributed by atoms with Gasteiger partial charge in [-0.05, 0) is 18.2 Å². The molecule has 0 atom stereocenters. The van der Waals surface area contributed by atoms with Gasteiger partial charge in [0.05, 0.1) is 30.3 Å². The molecule has 2 N–H and O–H groups in total. The molecular weight excluding hydrogens is 328 g/mol. The van der Waals surface area contributed by atoms with E-state index in [-0.39, 0.29) is 18.1 Å². The average molecular weight is 348 g/mol. The monoisotopic (exact) mass is 348 g/mol. The van der Waals surface area contributed by atoms with Crippen molar-refractivity contribution in [3.8, 4) is 5.75 Å². The number of amidine groups is 1. The van der Waals surface area contributed by atoms with E-state index in [4.69, 9.17) is 10.1 Å². The number of hydrogen-bond acceptors (Lipinski definition) is 4. The molecular formula is C20H20N4O2. The third-order valence-corrected chi connectivity index (χ3v) is 4.75. The number of ether oxygens (including phenoxy) is 1. The minimum Gasteiger partial charge on any atom is -0.510 e. The van der Waals surface area contributed by atoms with Crippen molar-refractivity contribution in [2.75, 3.05) is 13.7 Å². The molecule has 1 aliphatic heterocycles. The number of aromatic nitrogens is 2. The highest BCUT2D eigenvalue weighted by Gasteiger charge is 2.31. The van der Waals surface area contributed by atoms with Gasteiger partial charge in [-0.15, -0.1) is 0 Å². The SMILES string of the molecule is COc1ccccc1CN1CC(O)=C(c2nc3ccccc3n2C)C1=N. The van der Waals surface area contributed by atoms with E-state index < -0.39 is 0 Å². The van der Waals surface area contributed by atoms with Gasteiger partial charge in [-0.3, -0.25) is 5.41 Å². The number of methoxy groups -OCH3 is 1. The Morgan fingerprint density at radius 3 is 2.65 bits per heavy atom. The number of benzene rings is 2. The Hall–Kier alpha value is -3.28. The first-order valence-corrected chi connectivity index (χ1v) is 8.40. The highest BCUT2D eigenvalue weighted by atomic mass is 16.5. The predicted molar refractivity (Wildman–Crippen MR) is 101 cm³/mol. The van der Waals surface area contributed by atoms with Crippen LogP contribution < -0.4 is 4.74 Å². The van der Waals surface area contributed by atoms with E-state index in [9.17, 15) is 5.11 Å². The molecule has 26 heavy (non-hydrogen) atoms. The van der Waals surface area contributed by atoms with E-state index in [1.165, 1.54) is 0 Å². The molecule has 4 rings (SSSR count). The number of nitrogens with one attached hydrogen (secondary N) is 1. The molecule has 2 heterocycles. The van der Waals surface area contributed by atoms with E-state index in [2.05, 4.69) is 4.98 Å². The minimum atomic E-state index is 0.170. The lowest BCUT2D eigenvalue weighted by Gasteiger charge is -2.20. The predicted octanol–water partition coefficient (Wildman–Crippen LogP) is 3.34. The highest BCUT2D eigenvalue weighted by molar-refractivity contribution is 6.23. The fourth-order valence-electron chi connectivity index (χ4n) is 3.41. The summed E-state index contributed by atoms with van der Waals surface area (Å²) in [5.74, 6) is 1.82. The van der Waals surface area contributed by atoms with Gasteiger partial charge >= 0.3 is 0 Å². The first-order chi connectivity index (χ1) is 12.6.